The van der Waals surface area contributed by atoms with Gasteiger partial charge in [-0.3, -0.25) is 0 Å². The number of nitrogens with two attached hydrogens (primary N) is 1. The summed E-state index contributed by atoms with van der Waals surface area (Å²) in [5, 5.41) is 9.36. The molecular formula is C10H9F6NO. The van der Waals surface area contributed by atoms with Crippen molar-refractivity contribution < 1.29 is 31.4 Å². The van der Waals surface area contributed by atoms with E-state index < -0.39 is 47.8 Å². The smallest absolute Gasteiger partial charge is 0.388 e. The third-order valence-corrected chi connectivity index (χ3v) is 2.29. The molecular weight excluding hydrogens is 264 g/mol. The zero-order valence-electron chi connectivity index (χ0n) is 8.81. The molecule has 0 amide bonds. The number of halogens is 6. The number of hydrogen-bond acceptors (Lipinski definition) is 2. The van der Waals surface area contributed by atoms with Gasteiger partial charge in [0.15, 0.2) is 17.5 Å². The normalized spacial score (nSPS) is 15.6. The molecule has 0 aliphatic carbocycles. The molecule has 0 aliphatic heterocycles. The summed E-state index contributed by atoms with van der Waals surface area (Å²) in [5.41, 5.74) is 4.24. The third kappa shape index (κ3) is 3.36. The van der Waals surface area contributed by atoms with Gasteiger partial charge in [0.25, 0.3) is 0 Å². The van der Waals surface area contributed by atoms with E-state index in [4.69, 9.17) is 5.73 Å². The van der Waals surface area contributed by atoms with E-state index in [9.17, 15) is 31.4 Å². The summed E-state index contributed by atoms with van der Waals surface area (Å²) in [6.07, 6.45) is -7.56. The molecule has 3 N–H and O–H groups in total. The van der Waals surface area contributed by atoms with Gasteiger partial charge >= 0.3 is 6.18 Å². The Balaban J connectivity index is 2.88. The van der Waals surface area contributed by atoms with Crippen LogP contribution in [0.15, 0.2) is 12.1 Å². The molecule has 18 heavy (non-hydrogen) atoms. The Morgan fingerprint density at radius 2 is 1.56 bits per heavy atom. The van der Waals surface area contributed by atoms with E-state index in [1.165, 1.54) is 0 Å². The number of hydrogen-bond donors (Lipinski definition) is 2. The van der Waals surface area contributed by atoms with Crippen molar-refractivity contribution in [1.29, 1.82) is 0 Å². The molecule has 1 aromatic carbocycles. The standard InChI is InChI=1S/C10H9F6NO/c11-5-1-4(2-6(12)9(5)13)7(18)3-8(17)10(14,15)16/h1-2,7-8,18H,3,17H2/t7-,8-/m1/s1. The Labute approximate surface area is 98.0 Å². The second-order valence-corrected chi connectivity index (χ2v) is 3.70. The molecule has 0 aliphatic rings. The monoisotopic (exact) mass is 273 g/mol. The highest BCUT2D eigenvalue weighted by atomic mass is 19.4. The molecule has 0 fully saturated rings. The zero-order valence-corrected chi connectivity index (χ0v) is 8.81. The minimum atomic E-state index is -4.74. The van der Waals surface area contributed by atoms with Crippen LogP contribution >= 0.6 is 0 Å². The van der Waals surface area contributed by atoms with Crippen molar-refractivity contribution in [1.82, 2.24) is 0 Å². The van der Waals surface area contributed by atoms with Crippen molar-refractivity contribution >= 4 is 0 Å². The fraction of sp³-hybridized carbons (Fsp3) is 0.400. The van der Waals surface area contributed by atoms with Crippen molar-refractivity contribution in [2.45, 2.75) is 24.7 Å². The van der Waals surface area contributed by atoms with Crippen LogP contribution in [-0.4, -0.2) is 17.3 Å². The van der Waals surface area contributed by atoms with E-state index >= 15 is 0 Å². The van der Waals surface area contributed by atoms with Crippen LogP contribution in [0.5, 0.6) is 0 Å². The first-order chi connectivity index (χ1) is 8.12. The molecule has 1 rings (SSSR count). The predicted molar refractivity (Wildman–Crippen MR) is 49.9 cm³/mol. The van der Waals surface area contributed by atoms with Gasteiger partial charge in [-0.05, 0) is 17.7 Å². The molecule has 0 heterocycles. The van der Waals surface area contributed by atoms with Crippen LogP contribution in [0.2, 0.25) is 0 Å². The van der Waals surface area contributed by atoms with Crippen molar-refractivity contribution in [3.05, 3.63) is 35.1 Å². The lowest BCUT2D eigenvalue weighted by Crippen LogP contribution is -2.38. The number of aliphatic hydroxyl groups excluding tert-OH is 1. The first kappa shape index (κ1) is 14.8. The maximum atomic E-state index is 12.8. The maximum absolute atomic E-state index is 12.8. The molecule has 2 atom stereocenters. The van der Waals surface area contributed by atoms with E-state index in [0.717, 1.165) is 0 Å². The summed E-state index contributed by atoms with van der Waals surface area (Å²) in [5.74, 6) is -4.94. The summed E-state index contributed by atoms with van der Waals surface area (Å²) in [6.45, 7) is 0. The van der Waals surface area contributed by atoms with E-state index in [2.05, 4.69) is 0 Å². The molecule has 0 radical (unpaired) electrons. The van der Waals surface area contributed by atoms with Crippen LogP contribution in [0.4, 0.5) is 26.3 Å². The van der Waals surface area contributed by atoms with E-state index in [1.54, 1.807) is 0 Å². The first-order valence-electron chi connectivity index (χ1n) is 4.77. The summed E-state index contributed by atoms with van der Waals surface area (Å²) in [4.78, 5) is 0. The highest BCUT2D eigenvalue weighted by Gasteiger charge is 2.38. The van der Waals surface area contributed by atoms with Gasteiger partial charge in [-0.15, -0.1) is 0 Å². The van der Waals surface area contributed by atoms with Crippen molar-refractivity contribution in [2.75, 3.05) is 0 Å². The Kier molecular flexibility index (Phi) is 4.23. The number of benzene rings is 1. The quantitative estimate of drug-likeness (QED) is 0.656. The van der Waals surface area contributed by atoms with Gasteiger partial charge in [0.2, 0.25) is 0 Å². The predicted octanol–water partition coefficient (Wildman–Crippen LogP) is 2.42. The Morgan fingerprint density at radius 3 is 1.94 bits per heavy atom. The molecule has 0 bridgehead atoms. The average molecular weight is 273 g/mol. The second-order valence-electron chi connectivity index (χ2n) is 3.70. The molecule has 0 unspecified atom stereocenters. The topological polar surface area (TPSA) is 46.2 Å². The Morgan fingerprint density at radius 1 is 1.11 bits per heavy atom. The lowest BCUT2D eigenvalue weighted by atomic mass is 10.0. The Bertz CT molecular complexity index is 410. The Hall–Kier alpha value is -1.28. The van der Waals surface area contributed by atoms with E-state index in [-0.39, 0.29) is 0 Å². The van der Waals surface area contributed by atoms with Crippen LogP contribution < -0.4 is 5.73 Å². The number of rotatable bonds is 3. The third-order valence-electron chi connectivity index (χ3n) is 2.29. The molecule has 102 valence electrons. The van der Waals surface area contributed by atoms with Gasteiger partial charge in [-0.2, -0.15) is 13.2 Å². The van der Waals surface area contributed by atoms with Crippen LogP contribution in [0, 0.1) is 17.5 Å². The van der Waals surface area contributed by atoms with Crippen LogP contribution in [-0.2, 0) is 0 Å². The van der Waals surface area contributed by atoms with Gasteiger partial charge in [-0.1, -0.05) is 0 Å². The second kappa shape index (κ2) is 5.15. The largest absolute Gasteiger partial charge is 0.403 e. The SMILES string of the molecule is N[C@H](C[C@@H](O)c1cc(F)c(F)c(F)c1)C(F)(F)F. The molecule has 0 saturated heterocycles. The molecule has 0 saturated carbocycles. The van der Waals surface area contributed by atoms with Crippen molar-refractivity contribution in [2.24, 2.45) is 5.73 Å². The van der Waals surface area contributed by atoms with E-state index in [0.29, 0.717) is 12.1 Å². The number of aliphatic hydroxyl groups is 1. The summed E-state index contributed by atoms with van der Waals surface area (Å²) < 4.78 is 74.5. The summed E-state index contributed by atoms with van der Waals surface area (Å²) in [7, 11) is 0. The summed E-state index contributed by atoms with van der Waals surface area (Å²) in [6, 6.07) is -1.50. The number of alkyl halides is 3. The molecule has 1 aromatic rings. The molecule has 0 aromatic heterocycles. The lowest BCUT2D eigenvalue weighted by Gasteiger charge is -2.19. The van der Waals surface area contributed by atoms with Crippen LogP contribution in [0.25, 0.3) is 0 Å². The fourth-order valence-electron chi connectivity index (χ4n) is 1.28. The highest BCUT2D eigenvalue weighted by molar-refractivity contribution is 5.21. The fourth-order valence-corrected chi connectivity index (χ4v) is 1.28. The minimum absolute atomic E-state index is 0.423. The van der Waals surface area contributed by atoms with Gasteiger partial charge in [-0.25, -0.2) is 13.2 Å². The minimum Gasteiger partial charge on any atom is -0.388 e. The first-order valence-corrected chi connectivity index (χ1v) is 4.77. The van der Waals surface area contributed by atoms with E-state index in [1.807, 2.05) is 0 Å². The van der Waals surface area contributed by atoms with Gasteiger partial charge in [0, 0.05) is 6.42 Å². The highest BCUT2D eigenvalue weighted by Crippen LogP contribution is 2.28. The van der Waals surface area contributed by atoms with Crippen molar-refractivity contribution in [3.63, 3.8) is 0 Å². The maximum Gasteiger partial charge on any atom is 0.403 e. The van der Waals surface area contributed by atoms with Crippen LogP contribution in [0.3, 0.4) is 0 Å². The van der Waals surface area contributed by atoms with Gasteiger partial charge in [0.05, 0.1) is 6.10 Å². The van der Waals surface area contributed by atoms with Gasteiger partial charge in [0.1, 0.15) is 6.04 Å². The molecule has 8 heteroatoms. The molecule has 0 spiro atoms. The molecule has 2 nitrogen and oxygen atoms in total. The van der Waals surface area contributed by atoms with Crippen molar-refractivity contribution in [3.8, 4) is 0 Å². The average Bonchev–Trinajstić information content (AvgIpc) is 2.23. The lowest BCUT2D eigenvalue weighted by molar-refractivity contribution is -0.153. The zero-order chi connectivity index (χ0) is 14.1. The van der Waals surface area contributed by atoms with Gasteiger partial charge < -0.3 is 10.8 Å². The van der Waals surface area contributed by atoms with Crippen LogP contribution in [0.1, 0.15) is 18.1 Å². The summed E-state index contributed by atoms with van der Waals surface area (Å²) >= 11 is 0.